The van der Waals surface area contributed by atoms with Crippen LogP contribution in [-0.2, 0) is 20.0 Å². The summed E-state index contributed by atoms with van der Waals surface area (Å²) in [5.41, 5.74) is 5.38. The maximum Gasteiger partial charge on any atom is 0.223 e. The second-order valence-corrected chi connectivity index (χ2v) is 9.67. The standard InChI is InChI=1S/C23H31ClN8/c1-14-16(11-27-31-14)10-25-17-5-7-18(8-6-17)29-23-26-13-20(24)22(30-23)19-12-28-32(2)21(19)9-15-3-4-15/h11-13,15,17-18,25H,3-10H2,1-2H3,(H,27,31)(H,26,29,30). The molecule has 0 amide bonds. The van der Waals surface area contributed by atoms with Crippen molar-refractivity contribution in [2.24, 2.45) is 13.0 Å². The topological polar surface area (TPSA) is 96.3 Å². The molecule has 8 nitrogen and oxygen atoms in total. The van der Waals surface area contributed by atoms with Gasteiger partial charge < -0.3 is 10.6 Å². The van der Waals surface area contributed by atoms with Crippen molar-refractivity contribution in [3.63, 3.8) is 0 Å². The van der Waals surface area contributed by atoms with Crippen LogP contribution in [0.2, 0.25) is 5.02 Å². The second-order valence-electron chi connectivity index (χ2n) is 9.26. The van der Waals surface area contributed by atoms with Crippen molar-refractivity contribution in [3.05, 3.63) is 40.6 Å². The van der Waals surface area contributed by atoms with E-state index in [-0.39, 0.29) is 0 Å². The molecule has 0 bridgehead atoms. The predicted octanol–water partition coefficient (Wildman–Crippen LogP) is 4.03. The van der Waals surface area contributed by atoms with Crippen molar-refractivity contribution < 1.29 is 0 Å². The van der Waals surface area contributed by atoms with Gasteiger partial charge in [0.25, 0.3) is 0 Å². The molecule has 0 aromatic carbocycles. The van der Waals surface area contributed by atoms with Crippen LogP contribution in [-0.4, -0.2) is 42.0 Å². The number of aromatic nitrogens is 6. The monoisotopic (exact) mass is 454 g/mol. The minimum Gasteiger partial charge on any atom is -0.351 e. The van der Waals surface area contributed by atoms with Gasteiger partial charge in [-0.15, -0.1) is 0 Å². The molecular weight excluding hydrogens is 424 g/mol. The number of halogens is 1. The quantitative estimate of drug-likeness (QED) is 0.475. The van der Waals surface area contributed by atoms with Gasteiger partial charge in [0, 0.05) is 48.2 Å². The molecule has 0 saturated heterocycles. The number of nitrogens with one attached hydrogen (secondary N) is 3. The summed E-state index contributed by atoms with van der Waals surface area (Å²) < 4.78 is 1.96. The molecule has 0 radical (unpaired) electrons. The van der Waals surface area contributed by atoms with Crippen molar-refractivity contribution in [1.29, 1.82) is 0 Å². The molecule has 0 aliphatic heterocycles. The van der Waals surface area contributed by atoms with Gasteiger partial charge in [-0.1, -0.05) is 11.6 Å². The Labute approximate surface area is 193 Å². The molecule has 3 aromatic rings. The lowest BCUT2D eigenvalue weighted by Gasteiger charge is -2.29. The maximum atomic E-state index is 6.51. The molecule has 2 saturated carbocycles. The van der Waals surface area contributed by atoms with Crippen LogP contribution in [0.25, 0.3) is 11.3 Å². The van der Waals surface area contributed by atoms with E-state index in [0.29, 0.717) is 23.1 Å². The van der Waals surface area contributed by atoms with E-state index in [1.165, 1.54) is 24.1 Å². The zero-order valence-corrected chi connectivity index (χ0v) is 19.5. The summed E-state index contributed by atoms with van der Waals surface area (Å²) in [4.78, 5) is 9.26. The Morgan fingerprint density at radius 2 is 1.88 bits per heavy atom. The van der Waals surface area contributed by atoms with Gasteiger partial charge in [0.1, 0.15) is 0 Å². The summed E-state index contributed by atoms with van der Waals surface area (Å²) >= 11 is 6.51. The van der Waals surface area contributed by atoms with E-state index in [1.807, 2.05) is 24.1 Å². The lowest BCUT2D eigenvalue weighted by Crippen LogP contribution is -2.37. The predicted molar refractivity (Wildman–Crippen MR) is 126 cm³/mol. The molecule has 0 atom stereocenters. The van der Waals surface area contributed by atoms with Crippen molar-refractivity contribution in [2.75, 3.05) is 5.32 Å². The molecule has 5 rings (SSSR count). The number of aromatic amines is 1. The van der Waals surface area contributed by atoms with Crippen LogP contribution in [0.15, 0.2) is 18.6 Å². The van der Waals surface area contributed by atoms with Gasteiger partial charge in [0.15, 0.2) is 0 Å². The van der Waals surface area contributed by atoms with Crippen LogP contribution in [0.3, 0.4) is 0 Å². The molecule has 2 aliphatic carbocycles. The number of hydrogen-bond donors (Lipinski definition) is 3. The smallest absolute Gasteiger partial charge is 0.223 e. The van der Waals surface area contributed by atoms with E-state index in [9.17, 15) is 0 Å². The maximum absolute atomic E-state index is 6.51. The first kappa shape index (κ1) is 21.4. The summed E-state index contributed by atoms with van der Waals surface area (Å²) in [5.74, 6) is 1.42. The van der Waals surface area contributed by atoms with Crippen LogP contribution < -0.4 is 10.6 Å². The third-order valence-corrected chi connectivity index (χ3v) is 7.09. The number of hydrogen-bond acceptors (Lipinski definition) is 6. The fraction of sp³-hybridized carbons (Fsp3) is 0.565. The minimum atomic E-state index is 0.373. The Hall–Kier alpha value is -2.45. The molecule has 9 heteroatoms. The Kier molecular flexibility index (Phi) is 6.15. The normalized spacial score (nSPS) is 21.1. The Balaban J connectivity index is 1.20. The largest absolute Gasteiger partial charge is 0.351 e. The Morgan fingerprint density at radius 1 is 1.09 bits per heavy atom. The van der Waals surface area contributed by atoms with Crippen LogP contribution in [0.1, 0.15) is 55.5 Å². The van der Waals surface area contributed by atoms with Crippen LogP contribution >= 0.6 is 11.6 Å². The lowest BCUT2D eigenvalue weighted by molar-refractivity contribution is 0.352. The van der Waals surface area contributed by atoms with Gasteiger partial charge in [-0.3, -0.25) is 9.78 Å². The van der Waals surface area contributed by atoms with Crippen molar-refractivity contribution in [3.8, 4) is 11.3 Å². The summed E-state index contributed by atoms with van der Waals surface area (Å²) in [6, 6.07) is 0.905. The van der Waals surface area contributed by atoms with E-state index in [1.54, 1.807) is 6.20 Å². The summed E-state index contributed by atoms with van der Waals surface area (Å²) in [7, 11) is 2.00. The van der Waals surface area contributed by atoms with Gasteiger partial charge in [-0.25, -0.2) is 9.97 Å². The number of aryl methyl sites for hydroxylation is 2. The SMILES string of the molecule is Cc1[nH]ncc1CNC1CCC(Nc2ncc(Cl)c(-c3cnn(C)c3CC3CC3)n2)CC1. The van der Waals surface area contributed by atoms with Gasteiger partial charge >= 0.3 is 0 Å². The Bertz CT molecular complexity index is 1060. The van der Waals surface area contributed by atoms with Crippen molar-refractivity contribution in [1.82, 2.24) is 35.3 Å². The lowest BCUT2D eigenvalue weighted by atomic mass is 9.91. The van der Waals surface area contributed by atoms with Gasteiger partial charge in [0.2, 0.25) is 5.95 Å². The zero-order valence-electron chi connectivity index (χ0n) is 18.7. The number of H-pyrrole nitrogens is 1. The minimum absolute atomic E-state index is 0.373. The highest BCUT2D eigenvalue weighted by Gasteiger charge is 2.27. The van der Waals surface area contributed by atoms with Crippen molar-refractivity contribution in [2.45, 2.75) is 70.5 Å². The summed E-state index contributed by atoms with van der Waals surface area (Å²) in [6.45, 7) is 2.93. The first-order valence-electron chi connectivity index (χ1n) is 11.6. The fourth-order valence-corrected chi connectivity index (χ4v) is 4.75. The molecule has 3 aromatic heterocycles. The second kappa shape index (κ2) is 9.19. The first-order valence-corrected chi connectivity index (χ1v) is 12.0. The number of rotatable bonds is 8. The van der Waals surface area contributed by atoms with E-state index in [2.05, 4.69) is 37.8 Å². The molecule has 2 fully saturated rings. The van der Waals surface area contributed by atoms with E-state index in [0.717, 1.165) is 61.5 Å². The highest BCUT2D eigenvalue weighted by molar-refractivity contribution is 6.32. The van der Waals surface area contributed by atoms with Gasteiger partial charge in [-0.05, 0) is 57.8 Å². The van der Waals surface area contributed by atoms with E-state index < -0.39 is 0 Å². The average Bonchev–Trinajstić information content (AvgIpc) is 3.42. The average molecular weight is 455 g/mol. The third kappa shape index (κ3) is 4.81. The molecule has 170 valence electrons. The van der Waals surface area contributed by atoms with Gasteiger partial charge in [-0.2, -0.15) is 10.2 Å². The van der Waals surface area contributed by atoms with E-state index in [4.69, 9.17) is 16.6 Å². The number of anilines is 1. The van der Waals surface area contributed by atoms with Crippen LogP contribution in [0, 0.1) is 12.8 Å². The van der Waals surface area contributed by atoms with Crippen molar-refractivity contribution >= 4 is 17.5 Å². The van der Waals surface area contributed by atoms with E-state index >= 15 is 0 Å². The molecule has 0 unspecified atom stereocenters. The summed E-state index contributed by atoms with van der Waals surface area (Å²) in [5, 5.41) is 19.4. The van der Waals surface area contributed by atoms with Crippen LogP contribution in [0.5, 0.6) is 0 Å². The Morgan fingerprint density at radius 3 is 2.59 bits per heavy atom. The summed E-state index contributed by atoms with van der Waals surface area (Å²) in [6.07, 6.45) is 13.6. The highest BCUT2D eigenvalue weighted by Crippen LogP contribution is 2.37. The highest BCUT2D eigenvalue weighted by atomic mass is 35.5. The molecular formula is C23H31ClN8. The molecule has 3 N–H and O–H groups in total. The fourth-order valence-electron chi connectivity index (χ4n) is 4.56. The van der Waals surface area contributed by atoms with Crippen LogP contribution in [0.4, 0.5) is 5.95 Å². The first-order chi connectivity index (χ1) is 15.6. The molecule has 32 heavy (non-hydrogen) atoms. The number of nitrogens with zero attached hydrogens (tertiary/aromatic N) is 5. The molecule has 2 aliphatic rings. The third-order valence-electron chi connectivity index (χ3n) is 6.82. The zero-order chi connectivity index (χ0) is 22.1. The van der Waals surface area contributed by atoms with Gasteiger partial charge in [0.05, 0.1) is 29.3 Å². The molecule has 0 spiro atoms. The molecule has 3 heterocycles.